The topological polar surface area (TPSA) is 68.3 Å². The van der Waals surface area contributed by atoms with Gasteiger partial charge in [-0.3, -0.25) is 0 Å². The van der Waals surface area contributed by atoms with Crippen LogP contribution in [0.15, 0.2) is 91.2 Å². The van der Waals surface area contributed by atoms with Gasteiger partial charge in [0.15, 0.2) is 19.7 Å². The quantitative estimate of drug-likeness (QED) is 0.309. The van der Waals surface area contributed by atoms with E-state index in [1.165, 1.54) is 48.5 Å². The third kappa shape index (κ3) is 6.39. The molecule has 13 heteroatoms. The lowest BCUT2D eigenvalue weighted by Gasteiger charge is -2.26. The van der Waals surface area contributed by atoms with Crippen LogP contribution in [-0.4, -0.2) is 29.3 Å². The molecule has 0 aliphatic heterocycles. The lowest BCUT2D eigenvalue weighted by Crippen LogP contribution is -2.11. The average molecular weight is 557 g/mol. The van der Waals surface area contributed by atoms with Crippen molar-refractivity contribution >= 4 is 30.6 Å². The zero-order chi connectivity index (χ0) is 26.4. The van der Waals surface area contributed by atoms with E-state index in [1.54, 1.807) is 0 Å². The van der Waals surface area contributed by atoms with E-state index in [2.05, 4.69) is 0 Å². The Morgan fingerprint density at radius 1 is 0.543 bits per heavy atom. The highest BCUT2D eigenvalue weighted by molar-refractivity contribution is 8.17. The fourth-order valence-electron chi connectivity index (χ4n) is 3.20. The van der Waals surface area contributed by atoms with Crippen LogP contribution in [0.25, 0.3) is 0 Å². The maximum absolute atomic E-state index is 13.5. The predicted octanol–water partition coefficient (Wildman–Crippen LogP) is 6.01. The first kappa shape index (κ1) is 27.1. The normalized spacial score (nSPS) is 13.5. The van der Waals surface area contributed by atoms with Crippen LogP contribution in [0.4, 0.5) is 26.3 Å². The van der Waals surface area contributed by atoms with Crippen LogP contribution < -0.4 is 0 Å². The van der Waals surface area contributed by atoms with Gasteiger partial charge in [0, 0.05) is 12.5 Å². The molecular weight excluding hydrogens is 538 g/mol. The van der Waals surface area contributed by atoms with Gasteiger partial charge < -0.3 is 0 Å². The van der Waals surface area contributed by atoms with Crippen LogP contribution in [0.1, 0.15) is 11.1 Å². The van der Waals surface area contributed by atoms with E-state index in [-0.39, 0.29) is 30.5 Å². The third-order valence-electron chi connectivity index (χ3n) is 4.88. The number of thiol groups is 1. The molecule has 0 saturated carbocycles. The second-order valence-electron chi connectivity index (χ2n) is 7.63. The second-order valence-corrected chi connectivity index (χ2v) is 13.9. The van der Waals surface area contributed by atoms with Gasteiger partial charge in [-0.15, -0.1) is 0 Å². The lowest BCUT2D eigenvalue weighted by atomic mass is 10.1. The predicted molar refractivity (Wildman–Crippen MR) is 119 cm³/mol. The molecule has 0 bridgehead atoms. The van der Waals surface area contributed by atoms with Crippen LogP contribution in [0, 0.1) is 0 Å². The van der Waals surface area contributed by atoms with Gasteiger partial charge in [0.2, 0.25) is 0 Å². The second kappa shape index (κ2) is 9.17. The molecule has 35 heavy (non-hydrogen) atoms. The van der Waals surface area contributed by atoms with Crippen molar-refractivity contribution in [2.45, 2.75) is 36.8 Å². The lowest BCUT2D eigenvalue weighted by molar-refractivity contribution is -0.143. The molecule has 0 saturated heterocycles. The minimum Gasteiger partial charge on any atom is -0.224 e. The molecule has 3 aromatic carbocycles. The smallest absolute Gasteiger partial charge is 0.224 e. The van der Waals surface area contributed by atoms with E-state index in [9.17, 15) is 43.2 Å². The molecule has 0 aliphatic carbocycles. The molecule has 3 rings (SSSR count). The Labute approximate surface area is 200 Å². The Balaban J connectivity index is 2.30. The van der Waals surface area contributed by atoms with E-state index in [0.717, 1.165) is 12.5 Å². The van der Waals surface area contributed by atoms with E-state index in [1.807, 2.05) is 0 Å². The van der Waals surface area contributed by atoms with Crippen molar-refractivity contribution in [1.82, 2.24) is 0 Å². The van der Waals surface area contributed by atoms with Gasteiger partial charge in [-0.1, -0.05) is 0 Å². The summed E-state index contributed by atoms with van der Waals surface area (Å²) >= 11 is 0. The molecular formula is C22H18F6O4S3. The fraction of sp³-hybridized carbons (Fsp3) is 0.182. The highest BCUT2D eigenvalue weighted by atomic mass is 32.2. The summed E-state index contributed by atoms with van der Waals surface area (Å²) in [6.45, 7) is 0. The highest BCUT2D eigenvalue weighted by Gasteiger charge is 2.37. The molecule has 0 spiro atoms. The summed E-state index contributed by atoms with van der Waals surface area (Å²) in [6, 6.07) is 11.4. The van der Waals surface area contributed by atoms with Crippen molar-refractivity contribution in [1.29, 1.82) is 0 Å². The van der Waals surface area contributed by atoms with Crippen LogP contribution in [0.3, 0.4) is 0 Å². The molecule has 0 radical (unpaired) electrons. The third-order valence-corrected chi connectivity index (χ3v) is 9.54. The van der Waals surface area contributed by atoms with Crippen molar-refractivity contribution in [3.05, 3.63) is 77.9 Å². The fourth-order valence-corrected chi connectivity index (χ4v) is 6.79. The summed E-state index contributed by atoms with van der Waals surface area (Å²) in [5, 5.41) is 0. The van der Waals surface area contributed by atoms with Crippen molar-refractivity contribution in [3.8, 4) is 0 Å². The van der Waals surface area contributed by atoms with Gasteiger partial charge in [-0.25, -0.2) is 16.8 Å². The van der Waals surface area contributed by atoms with Gasteiger partial charge in [0.25, 0.3) is 0 Å². The summed E-state index contributed by atoms with van der Waals surface area (Å²) in [5.41, 5.74) is -2.98. The van der Waals surface area contributed by atoms with E-state index in [0.29, 0.717) is 12.1 Å². The maximum atomic E-state index is 13.5. The zero-order valence-electron chi connectivity index (χ0n) is 18.0. The molecule has 0 aromatic heterocycles. The molecule has 0 atom stereocenters. The molecule has 0 N–H and O–H groups in total. The number of benzene rings is 3. The first-order chi connectivity index (χ1) is 15.9. The van der Waals surface area contributed by atoms with Crippen molar-refractivity contribution in [2.24, 2.45) is 0 Å². The van der Waals surface area contributed by atoms with E-state index in [4.69, 9.17) is 0 Å². The van der Waals surface area contributed by atoms with E-state index < -0.39 is 54.0 Å². The van der Waals surface area contributed by atoms with Gasteiger partial charge in [-0.2, -0.15) is 37.2 Å². The van der Waals surface area contributed by atoms with Gasteiger partial charge in [-0.05, 0) is 81.4 Å². The number of hydrogen-bond donors (Lipinski definition) is 1. The van der Waals surface area contributed by atoms with Crippen LogP contribution >= 0.6 is 10.9 Å². The molecule has 4 nitrogen and oxygen atoms in total. The number of hydrogen-bond acceptors (Lipinski definition) is 4. The monoisotopic (exact) mass is 556 g/mol. The number of halogens is 6. The van der Waals surface area contributed by atoms with Crippen LogP contribution in [-0.2, 0) is 32.0 Å². The maximum Gasteiger partial charge on any atom is 0.416 e. The molecule has 3 aromatic rings. The average Bonchev–Trinajstić information content (AvgIpc) is 2.72. The standard InChI is InChI=1S/C22H18F6O4S3/c1-34(29,30)19-7-3-16(4-8-19)33(17-5-9-20(10-6-17)35(2,31)32)18-12-14(21(23,24)25)11-15(13-18)22(26,27)28/h3-13,33H,1-2H3. The largest absolute Gasteiger partial charge is 0.416 e. The van der Waals surface area contributed by atoms with Gasteiger partial charge in [0.05, 0.1) is 20.9 Å². The SMILES string of the molecule is CS(=O)(=O)c1ccc([SH](c2ccc(S(C)(=O)=O)cc2)c2cc(C(F)(F)F)cc(C(F)(F)F)c2)cc1. The van der Waals surface area contributed by atoms with Crippen molar-refractivity contribution in [2.75, 3.05) is 12.5 Å². The van der Waals surface area contributed by atoms with Crippen LogP contribution in [0.5, 0.6) is 0 Å². The minimum absolute atomic E-state index is 0.0243. The molecule has 0 fully saturated rings. The molecule has 190 valence electrons. The summed E-state index contributed by atoms with van der Waals surface area (Å²) in [4.78, 5) is 0.0903. The Bertz CT molecular complexity index is 1340. The number of alkyl halides is 6. The summed E-state index contributed by atoms with van der Waals surface area (Å²) in [6.07, 6.45) is -8.21. The molecule has 0 unspecified atom stereocenters. The Morgan fingerprint density at radius 2 is 0.857 bits per heavy atom. The minimum atomic E-state index is -5.06. The number of sulfone groups is 2. The first-order valence-corrected chi connectivity index (χ1v) is 14.7. The summed E-state index contributed by atoms with van der Waals surface area (Å²) in [5.74, 6) is 0. The van der Waals surface area contributed by atoms with E-state index >= 15 is 0 Å². The van der Waals surface area contributed by atoms with Gasteiger partial charge >= 0.3 is 12.4 Å². The molecule has 0 amide bonds. The zero-order valence-corrected chi connectivity index (χ0v) is 20.5. The Morgan fingerprint density at radius 3 is 1.11 bits per heavy atom. The number of rotatable bonds is 5. The molecule has 0 heterocycles. The van der Waals surface area contributed by atoms with Crippen molar-refractivity contribution in [3.63, 3.8) is 0 Å². The first-order valence-electron chi connectivity index (χ1n) is 9.57. The van der Waals surface area contributed by atoms with Gasteiger partial charge in [0.1, 0.15) is 0 Å². The van der Waals surface area contributed by atoms with Crippen molar-refractivity contribution < 1.29 is 43.2 Å². The Hall–Kier alpha value is -2.51. The summed E-state index contributed by atoms with van der Waals surface area (Å²) in [7, 11) is -9.27. The highest BCUT2D eigenvalue weighted by Crippen LogP contribution is 2.53. The molecule has 0 aliphatic rings. The van der Waals surface area contributed by atoms with Crippen LogP contribution in [0.2, 0.25) is 0 Å². The summed E-state index contributed by atoms with van der Waals surface area (Å²) < 4.78 is 128. The Kier molecular flexibility index (Phi) is 7.10.